The predicted octanol–water partition coefficient (Wildman–Crippen LogP) is 1.05. The fraction of sp³-hybridized carbons (Fsp3) is 0.706. The van der Waals surface area contributed by atoms with E-state index >= 15 is 0 Å². The van der Waals surface area contributed by atoms with Crippen molar-refractivity contribution in [2.24, 2.45) is 11.1 Å². The number of anilines is 1. The van der Waals surface area contributed by atoms with Gasteiger partial charge >= 0.3 is 0 Å². The van der Waals surface area contributed by atoms with Crippen LogP contribution in [0.4, 0.5) is 5.82 Å². The fourth-order valence-corrected chi connectivity index (χ4v) is 4.33. The largest absolute Gasteiger partial charge is 0.373 e. The molecule has 0 amide bonds. The zero-order chi connectivity index (χ0) is 18.0. The Morgan fingerprint density at radius 2 is 1.84 bits per heavy atom. The fourth-order valence-electron chi connectivity index (χ4n) is 3.87. The van der Waals surface area contributed by atoms with Crippen LogP contribution in [0.5, 0.6) is 0 Å². The molecule has 2 aliphatic heterocycles. The Kier molecular flexibility index (Phi) is 5.62. The summed E-state index contributed by atoms with van der Waals surface area (Å²) in [7, 11) is -3.68. The first-order valence-corrected chi connectivity index (χ1v) is 10.5. The Morgan fingerprint density at radius 3 is 2.36 bits per heavy atom. The van der Waals surface area contributed by atoms with Crippen LogP contribution < -0.4 is 10.0 Å². The quantitative estimate of drug-likeness (QED) is 0.855. The van der Waals surface area contributed by atoms with E-state index in [1.165, 1.54) is 12.3 Å². The molecule has 0 unspecified atom stereocenters. The van der Waals surface area contributed by atoms with E-state index < -0.39 is 10.0 Å². The second kappa shape index (κ2) is 7.57. The summed E-state index contributed by atoms with van der Waals surface area (Å²) in [6.07, 6.45) is 4.21. The molecule has 0 aromatic carbocycles. The molecular formula is C17H28N4O3S. The number of primary sulfonamides is 1. The molecule has 0 radical (unpaired) electrons. The smallest absolute Gasteiger partial charge is 0.239 e. The third-order valence-electron chi connectivity index (χ3n) is 5.00. The van der Waals surface area contributed by atoms with E-state index in [4.69, 9.17) is 9.88 Å². The van der Waals surface area contributed by atoms with Crippen molar-refractivity contribution < 1.29 is 13.2 Å². The monoisotopic (exact) mass is 368 g/mol. The summed E-state index contributed by atoms with van der Waals surface area (Å²) in [4.78, 5) is 9.07. The van der Waals surface area contributed by atoms with Gasteiger partial charge in [-0.25, -0.2) is 18.5 Å². The Labute approximate surface area is 150 Å². The van der Waals surface area contributed by atoms with Gasteiger partial charge in [-0.1, -0.05) is 0 Å². The average molecular weight is 369 g/mol. The minimum Gasteiger partial charge on any atom is -0.373 e. The van der Waals surface area contributed by atoms with Crippen LogP contribution in [-0.4, -0.2) is 63.2 Å². The van der Waals surface area contributed by atoms with Gasteiger partial charge in [0.2, 0.25) is 10.0 Å². The van der Waals surface area contributed by atoms with Crippen molar-refractivity contribution in [3.63, 3.8) is 0 Å². The third-order valence-corrected chi connectivity index (χ3v) is 5.90. The predicted molar refractivity (Wildman–Crippen MR) is 97.0 cm³/mol. The van der Waals surface area contributed by atoms with Gasteiger partial charge in [0.05, 0.1) is 12.2 Å². The standard InChI is InChI=1S/C17H28N4O3S/c1-13-10-20(11-14(2)24-13)12-15-5-7-21(8-6-15)17-4-3-16(9-19-17)25(18,22)23/h3-4,9,13-15H,5-8,10-12H2,1-2H3,(H2,18,22,23)/t13-,14-/m0/s1. The summed E-state index contributed by atoms with van der Waals surface area (Å²) < 4.78 is 28.4. The SMILES string of the molecule is C[C@H]1CN(CC2CCN(c3ccc(S(N)(=O)=O)cn3)CC2)C[C@H](C)O1. The van der Waals surface area contributed by atoms with Crippen LogP contribution in [0.2, 0.25) is 0 Å². The zero-order valence-corrected chi connectivity index (χ0v) is 15.8. The van der Waals surface area contributed by atoms with Crippen LogP contribution in [-0.2, 0) is 14.8 Å². The van der Waals surface area contributed by atoms with Crippen molar-refractivity contribution in [3.05, 3.63) is 18.3 Å². The maximum atomic E-state index is 11.3. The van der Waals surface area contributed by atoms with Crippen LogP contribution >= 0.6 is 0 Å². The van der Waals surface area contributed by atoms with Gasteiger partial charge in [-0.3, -0.25) is 4.90 Å². The van der Waals surface area contributed by atoms with E-state index in [2.05, 4.69) is 28.6 Å². The van der Waals surface area contributed by atoms with E-state index in [0.29, 0.717) is 18.1 Å². The molecule has 2 aliphatic rings. The normalized spacial score (nSPS) is 26.8. The topological polar surface area (TPSA) is 88.8 Å². The van der Waals surface area contributed by atoms with Crippen LogP contribution in [0.25, 0.3) is 0 Å². The van der Waals surface area contributed by atoms with Crippen molar-refractivity contribution in [1.29, 1.82) is 0 Å². The van der Waals surface area contributed by atoms with Crippen LogP contribution in [0.1, 0.15) is 26.7 Å². The summed E-state index contributed by atoms with van der Waals surface area (Å²) in [5, 5.41) is 5.12. The number of pyridine rings is 1. The molecule has 3 rings (SSSR count). The van der Waals surface area contributed by atoms with Gasteiger partial charge in [-0.05, 0) is 44.7 Å². The molecule has 1 aromatic heterocycles. The number of sulfonamides is 1. The molecule has 8 heteroatoms. The molecule has 0 aliphatic carbocycles. The number of hydrogen-bond acceptors (Lipinski definition) is 6. The first kappa shape index (κ1) is 18.6. The van der Waals surface area contributed by atoms with Crippen LogP contribution in [0.3, 0.4) is 0 Å². The van der Waals surface area contributed by atoms with Crippen molar-refractivity contribution in [3.8, 4) is 0 Å². The molecule has 2 N–H and O–H groups in total. The van der Waals surface area contributed by atoms with E-state index in [9.17, 15) is 8.42 Å². The maximum absolute atomic E-state index is 11.3. The molecule has 2 atom stereocenters. The Morgan fingerprint density at radius 1 is 1.20 bits per heavy atom. The number of piperidine rings is 1. The molecule has 3 heterocycles. The number of nitrogens with two attached hydrogens (primary N) is 1. The molecule has 1 aromatic rings. The number of aromatic nitrogens is 1. The van der Waals surface area contributed by atoms with Crippen molar-refractivity contribution in [2.45, 2.75) is 43.8 Å². The van der Waals surface area contributed by atoms with Gasteiger partial charge in [-0.2, -0.15) is 0 Å². The summed E-state index contributed by atoms with van der Waals surface area (Å²) >= 11 is 0. The molecule has 2 saturated heterocycles. The highest BCUT2D eigenvalue weighted by Gasteiger charge is 2.27. The van der Waals surface area contributed by atoms with Crippen LogP contribution in [0.15, 0.2) is 23.2 Å². The number of rotatable bonds is 4. The number of nitrogens with zero attached hydrogens (tertiary/aromatic N) is 3. The molecule has 7 nitrogen and oxygen atoms in total. The lowest BCUT2D eigenvalue weighted by Gasteiger charge is -2.39. The minimum atomic E-state index is -3.68. The highest BCUT2D eigenvalue weighted by molar-refractivity contribution is 7.89. The number of hydrogen-bond donors (Lipinski definition) is 1. The molecule has 0 saturated carbocycles. The van der Waals surface area contributed by atoms with Gasteiger partial charge < -0.3 is 9.64 Å². The van der Waals surface area contributed by atoms with Gasteiger partial charge in [0.25, 0.3) is 0 Å². The first-order chi connectivity index (χ1) is 11.8. The molecule has 0 spiro atoms. The van der Waals surface area contributed by atoms with E-state index in [-0.39, 0.29) is 4.90 Å². The molecule has 25 heavy (non-hydrogen) atoms. The second-order valence-corrected chi connectivity index (χ2v) is 8.86. The highest BCUT2D eigenvalue weighted by atomic mass is 32.2. The van der Waals surface area contributed by atoms with Gasteiger partial charge in [0, 0.05) is 38.9 Å². The Hall–Kier alpha value is -1.22. The van der Waals surface area contributed by atoms with Gasteiger partial charge in [-0.15, -0.1) is 0 Å². The molecule has 140 valence electrons. The molecule has 2 fully saturated rings. The number of ether oxygens (including phenoxy) is 1. The third kappa shape index (κ3) is 4.91. The summed E-state index contributed by atoms with van der Waals surface area (Å²) in [5.41, 5.74) is 0. The lowest BCUT2D eigenvalue weighted by atomic mass is 9.95. The maximum Gasteiger partial charge on any atom is 0.239 e. The molecular weight excluding hydrogens is 340 g/mol. The van der Waals surface area contributed by atoms with Crippen LogP contribution in [0, 0.1) is 5.92 Å². The summed E-state index contributed by atoms with van der Waals surface area (Å²) in [5.74, 6) is 1.51. The van der Waals surface area contributed by atoms with E-state index in [1.54, 1.807) is 6.07 Å². The first-order valence-electron chi connectivity index (χ1n) is 8.93. The lowest BCUT2D eigenvalue weighted by molar-refractivity contribution is -0.0720. The zero-order valence-electron chi connectivity index (χ0n) is 15.0. The summed E-state index contributed by atoms with van der Waals surface area (Å²) in [6.45, 7) is 9.33. The van der Waals surface area contributed by atoms with Gasteiger partial charge in [0.1, 0.15) is 10.7 Å². The van der Waals surface area contributed by atoms with Gasteiger partial charge in [0.15, 0.2) is 0 Å². The lowest BCUT2D eigenvalue weighted by Crippen LogP contribution is -2.48. The second-order valence-electron chi connectivity index (χ2n) is 7.30. The molecule has 0 bridgehead atoms. The van der Waals surface area contributed by atoms with E-state index in [0.717, 1.165) is 51.4 Å². The minimum absolute atomic E-state index is 0.0571. The van der Waals surface area contributed by atoms with E-state index in [1.807, 2.05) is 0 Å². The van der Waals surface area contributed by atoms with Crippen molar-refractivity contribution >= 4 is 15.8 Å². The Balaban J connectivity index is 1.52. The van der Waals surface area contributed by atoms with Crippen molar-refractivity contribution in [1.82, 2.24) is 9.88 Å². The van der Waals surface area contributed by atoms with Crippen molar-refractivity contribution in [2.75, 3.05) is 37.6 Å². The highest BCUT2D eigenvalue weighted by Crippen LogP contribution is 2.24. The summed E-state index contributed by atoms with van der Waals surface area (Å²) in [6, 6.07) is 3.27. The Bertz CT molecular complexity index is 662. The number of morpholine rings is 1. The average Bonchev–Trinajstić information content (AvgIpc) is 2.54.